The molecule has 0 radical (unpaired) electrons. The van der Waals surface area contributed by atoms with E-state index in [9.17, 15) is 0 Å². The Morgan fingerprint density at radius 2 is 2.44 bits per heavy atom. The number of halogens is 1. The second-order valence-corrected chi connectivity index (χ2v) is 1.43. The molecule has 0 rings (SSSR count). The third-order valence-electron chi connectivity index (χ3n) is 0.514. The summed E-state index contributed by atoms with van der Waals surface area (Å²) in [6, 6.07) is 0. The van der Waals surface area contributed by atoms with Crippen LogP contribution in [0.15, 0.2) is 16.8 Å². The van der Waals surface area contributed by atoms with E-state index in [0.717, 1.165) is 0 Å². The molecule has 0 spiro atoms. The van der Waals surface area contributed by atoms with Crippen LogP contribution in [0, 0.1) is 0 Å². The van der Waals surface area contributed by atoms with E-state index in [1.807, 2.05) is 0 Å². The normalized spacial score (nSPS) is 11.3. The van der Waals surface area contributed by atoms with Gasteiger partial charge < -0.3 is 10.6 Å². The molecule has 0 saturated carbocycles. The van der Waals surface area contributed by atoms with E-state index in [1.54, 1.807) is 6.08 Å². The fourth-order valence-corrected chi connectivity index (χ4v) is 0.291. The first-order valence-corrected chi connectivity index (χ1v) is 2.94. The van der Waals surface area contributed by atoms with Gasteiger partial charge in [0.05, 0.1) is 6.21 Å². The van der Waals surface area contributed by atoms with Gasteiger partial charge in [-0.05, 0) is 6.08 Å². The van der Waals surface area contributed by atoms with Gasteiger partial charge in [-0.1, -0.05) is 16.8 Å². The molecule has 0 amide bonds. The van der Waals surface area contributed by atoms with E-state index in [-0.39, 0.29) is 0 Å². The summed E-state index contributed by atoms with van der Waals surface area (Å²) in [5.74, 6) is 0. The predicted molar refractivity (Wildman–Crippen MR) is 38.5 cm³/mol. The van der Waals surface area contributed by atoms with Crippen molar-refractivity contribution in [1.82, 2.24) is 0 Å². The van der Waals surface area contributed by atoms with Crippen molar-refractivity contribution in [3.05, 3.63) is 11.6 Å². The van der Waals surface area contributed by atoms with Crippen LogP contribution in [0.1, 0.15) is 0 Å². The van der Waals surface area contributed by atoms with Gasteiger partial charge in [-0.15, -0.1) is 0 Å². The lowest BCUT2D eigenvalue weighted by Crippen LogP contribution is -1.99. The average molecular weight is 149 g/mol. The Bertz CT molecular complexity index is 103. The molecule has 9 heavy (non-hydrogen) atoms. The molecule has 0 heterocycles. The van der Waals surface area contributed by atoms with Gasteiger partial charge in [-0.2, -0.15) is 0 Å². The first kappa shape index (κ1) is 8.46. The SMILES string of the molecule is NC/C=N/OC/C=C/Cl. The Kier molecular flexibility index (Phi) is 7.01. The fourth-order valence-electron chi connectivity index (χ4n) is 0.218. The summed E-state index contributed by atoms with van der Waals surface area (Å²) in [6.07, 6.45) is 3.11. The average Bonchev–Trinajstić information content (AvgIpc) is 1.89. The summed E-state index contributed by atoms with van der Waals surface area (Å²) in [5.41, 5.74) is 6.44. The highest BCUT2D eigenvalue weighted by molar-refractivity contribution is 6.25. The maximum Gasteiger partial charge on any atom is 0.136 e. The predicted octanol–water partition coefficient (Wildman–Crippen LogP) is 0.700. The van der Waals surface area contributed by atoms with Gasteiger partial charge in [0.1, 0.15) is 6.61 Å². The molecular weight excluding hydrogens is 140 g/mol. The highest BCUT2D eigenvalue weighted by atomic mass is 35.5. The molecule has 0 aromatic heterocycles. The monoisotopic (exact) mass is 148 g/mol. The van der Waals surface area contributed by atoms with Crippen LogP contribution in [0.3, 0.4) is 0 Å². The van der Waals surface area contributed by atoms with Crippen molar-refractivity contribution < 1.29 is 4.84 Å². The minimum atomic E-state index is 0.389. The zero-order chi connectivity index (χ0) is 6.95. The minimum Gasteiger partial charge on any atom is -0.392 e. The Hall–Kier alpha value is -0.540. The van der Waals surface area contributed by atoms with Crippen LogP contribution in [0.5, 0.6) is 0 Å². The van der Waals surface area contributed by atoms with Crippen LogP contribution >= 0.6 is 11.6 Å². The molecule has 0 atom stereocenters. The summed E-state index contributed by atoms with van der Waals surface area (Å²) >= 11 is 5.18. The van der Waals surface area contributed by atoms with Gasteiger partial charge in [0.25, 0.3) is 0 Å². The molecule has 0 aliphatic rings. The van der Waals surface area contributed by atoms with Crippen LogP contribution < -0.4 is 5.73 Å². The lowest BCUT2D eigenvalue weighted by atomic mass is 10.7. The molecule has 0 aromatic carbocycles. The zero-order valence-corrected chi connectivity index (χ0v) is 5.71. The summed E-state index contributed by atoms with van der Waals surface area (Å²) in [4.78, 5) is 4.63. The van der Waals surface area contributed by atoms with Crippen LogP contribution in [0.2, 0.25) is 0 Å². The first-order chi connectivity index (χ1) is 4.41. The number of nitrogens with zero attached hydrogens (tertiary/aromatic N) is 1. The standard InChI is InChI=1S/C5H9ClN2O/c6-2-1-5-9-8-4-3-7/h1-2,4H,3,5,7H2/b2-1+,8-4+. The lowest BCUT2D eigenvalue weighted by Gasteiger charge is -1.88. The van der Waals surface area contributed by atoms with Gasteiger partial charge >= 0.3 is 0 Å². The zero-order valence-electron chi connectivity index (χ0n) is 4.96. The number of hydrogen-bond acceptors (Lipinski definition) is 3. The molecule has 52 valence electrons. The van der Waals surface area contributed by atoms with Gasteiger partial charge in [0.2, 0.25) is 0 Å². The largest absolute Gasteiger partial charge is 0.392 e. The van der Waals surface area contributed by atoms with E-state index in [1.165, 1.54) is 11.7 Å². The second-order valence-electron chi connectivity index (χ2n) is 1.18. The Morgan fingerprint density at radius 1 is 1.67 bits per heavy atom. The topological polar surface area (TPSA) is 47.6 Å². The molecule has 2 N–H and O–H groups in total. The molecule has 0 aliphatic heterocycles. The van der Waals surface area contributed by atoms with Crippen molar-refractivity contribution in [2.75, 3.05) is 13.2 Å². The third-order valence-corrected chi connectivity index (χ3v) is 0.693. The van der Waals surface area contributed by atoms with Crippen molar-refractivity contribution in [2.24, 2.45) is 10.9 Å². The van der Waals surface area contributed by atoms with Crippen molar-refractivity contribution in [1.29, 1.82) is 0 Å². The van der Waals surface area contributed by atoms with Crippen LogP contribution in [0.4, 0.5) is 0 Å². The van der Waals surface area contributed by atoms with E-state index in [4.69, 9.17) is 17.3 Å². The van der Waals surface area contributed by atoms with Gasteiger partial charge in [-0.3, -0.25) is 0 Å². The lowest BCUT2D eigenvalue weighted by molar-refractivity contribution is 0.176. The quantitative estimate of drug-likeness (QED) is 0.363. The summed E-state index contributed by atoms with van der Waals surface area (Å²) in [6.45, 7) is 0.782. The van der Waals surface area contributed by atoms with Crippen LogP contribution in [0.25, 0.3) is 0 Å². The molecule has 0 aliphatic carbocycles. The maximum absolute atomic E-state index is 5.18. The van der Waals surface area contributed by atoms with E-state index < -0.39 is 0 Å². The fraction of sp³-hybridized carbons (Fsp3) is 0.400. The number of oxime groups is 1. The Balaban J connectivity index is 2.99. The van der Waals surface area contributed by atoms with Crippen molar-refractivity contribution >= 4 is 17.8 Å². The molecule has 0 aromatic rings. The van der Waals surface area contributed by atoms with E-state index in [0.29, 0.717) is 13.2 Å². The Morgan fingerprint density at radius 3 is 3.00 bits per heavy atom. The highest BCUT2D eigenvalue weighted by Gasteiger charge is 1.71. The van der Waals surface area contributed by atoms with Gasteiger partial charge in [0.15, 0.2) is 0 Å². The number of nitrogens with two attached hydrogens (primary N) is 1. The summed E-state index contributed by atoms with van der Waals surface area (Å²) in [5, 5.41) is 3.47. The molecule has 0 bridgehead atoms. The summed E-state index contributed by atoms with van der Waals surface area (Å²) in [7, 11) is 0. The maximum atomic E-state index is 5.18. The number of hydrogen-bond donors (Lipinski definition) is 1. The van der Waals surface area contributed by atoms with Crippen molar-refractivity contribution in [3.8, 4) is 0 Å². The molecule has 0 unspecified atom stereocenters. The van der Waals surface area contributed by atoms with Crippen LogP contribution in [-0.4, -0.2) is 19.4 Å². The van der Waals surface area contributed by atoms with Crippen molar-refractivity contribution in [3.63, 3.8) is 0 Å². The molecule has 4 heteroatoms. The molecule has 3 nitrogen and oxygen atoms in total. The summed E-state index contributed by atoms with van der Waals surface area (Å²) < 4.78 is 0. The number of rotatable bonds is 4. The molecular formula is C5H9ClN2O. The molecule has 0 fully saturated rings. The second kappa shape index (κ2) is 7.46. The third kappa shape index (κ3) is 7.46. The van der Waals surface area contributed by atoms with Gasteiger partial charge in [0, 0.05) is 12.1 Å². The van der Waals surface area contributed by atoms with Gasteiger partial charge in [-0.25, -0.2) is 0 Å². The highest BCUT2D eigenvalue weighted by Crippen LogP contribution is 1.79. The van der Waals surface area contributed by atoms with Crippen LogP contribution in [-0.2, 0) is 4.84 Å². The van der Waals surface area contributed by atoms with Crippen molar-refractivity contribution in [2.45, 2.75) is 0 Å². The van der Waals surface area contributed by atoms with E-state index in [2.05, 4.69) is 9.99 Å². The van der Waals surface area contributed by atoms with E-state index >= 15 is 0 Å². The molecule has 0 saturated heterocycles. The minimum absolute atomic E-state index is 0.389. The smallest absolute Gasteiger partial charge is 0.136 e. The Labute approximate surface area is 59.1 Å². The first-order valence-electron chi connectivity index (χ1n) is 2.51.